The Morgan fingerprint density at radius 2 is 2.00 bits per heavy atom. The van der Waals surface area contributed by atoms with Crippen LogP contribution in [0, 0.1) is 6.92 Å². The molecule has 1 saturated heterocycles. The zero-order chi connectivity index (χ0) is 22.9. The van der Waals surface area contributed by atoms with Gasteiger partial charge >= 0.3 is 0 Å². The molecule has 170 valence electrons. The molecule has 1 N–H and O–H groups in total. The summed E-state index contributed by atoms with van der Waals surface area (Å²) in [5.41, 5.74) is 2.30. The number of carbonyl (C=O) groups is 2. The van der Waals surface area contributed by atoms with Gasteiger partial charge in [-0.05, 0) is 36.8 Å². The topological polar surface area (TPSA) is 96.1 Å². The van der Waals surface area contributed by atoms with Crippen molar-refractivity contribution in [1.82, 2.24) is 14.8 Å². The van der Waals surface area contributed by atoms with Crippen LogP contribution in [0.25, 0.3) is 11.0 Å². The average Bonchev–Trinajstić information content (AvgIpc) is 3.37. The first-order valence-corrected chi connectivity index (χ1v) is 11.0. The van der Waals surface area contributed by atoms with Crippen molar-refractivity contribution < 1.29 is 23.8 Å². The van der Waals surface area contributed by atoms with Crippen LogP contribution in [0.4, 0.5) is 0 Å². The van der Waals surface area contributed by atoms with Crippen molar-refractivity contribution in [3.8, 4) is 0 Å². The van der Waals surface area contributed by atoms with Crippen molar-refractivity contribution in [3.05, 3.63) is 77.0 Å². The van der Waals surface area contributed by atoms with Crippen LogP contribution in [0.1, 0.15) is 27.7 Å². The number of morpholine rings is 1. The van der Waals surface area contributed by atoms with Crippen LogP contribution in [-0.2, 0) is 9.53 Å². The average molecular weight is 447 g/mol. The predicted molar refractivity (Wildman–Crippen MR) is 121 cm³/mol. The lowest BCUT2D eigenvalue weighted by Crippen LogP contribution is -2.43. The molecule has 8 heteroatoms. The van der Waals surface area contributed by atoms with Crippen LogP contribution in [0.15, 0.2) is 64.5 Å². The third-order valence-electron chi connectivity index (χ3n) is 6.20. The molecule has 33 heavy (non-hydrogen) atoms. The first-order valence-electron chi connectivity index (χ1n) is 11.0. The Hall–Kier alpha value is -3.49. The van der Waals surface area contributed by atoms with Crippen LogP contribution < -0.4 is 0 Å². The highest BCUT2D eigenvalue weighted by atomic mass is 16.5. The second-order valence-electron chi connectivity index (χ2n) is 8.38. The summed E-state index contributed by atoms with van der Waals surface area (Å²) in [6.45, 7) is 5.80. The number of nitrogens with zero attached hydrogens (tertiary/aromatic N) is 3. The van der Waals surface area contributed by atoms with Gasteiger partial charge in [-0.3, -0.25) is 19.5 Å². The molecule has 2 aliphatic heterocycles. The second kappa shape index (κ2) is 8.80. The number of aliphatic hydroxyl groups is 1. The van der Waals surface area contributed by atoms with E-state index in [-0.39, 0.29) is 11.3 Å². The minimum Gasteiger partial charge on any atom is -0.503 e. The summed E-state index contributed by atoms with van der Waals surface area (Å²) in [5, 5.41) is 11.6. The molecule has 2 aromatic heterocycles. The number of rotatable bonds is 6. The quantitative estimate of drug-likeness (QED) is 0.580. The summed E-state index contributed by atoms with van der Waals surface area (Å²) >= 11 is 0. The van der Waals surface area contributed by atoms with Gasteiger partial charge in [0.1, 0.15) is 5.58 Å². The molecule has 2 aliphatic rings. The maximum absolute atomic E-state index is 13.6. The van der Waals surface area contributed by atoms with E-state index in [1.165, 1.54) is 0 Å². The van der Waals surface area contributed by atoms with E-state index in [9.17, 15) is 14.7 Å². The minimum absolute atomic E-state index is 0.0192. The summed E-state index contributed by atoms with van der Waals surface area (Å²) in [7, 11) is 0. The van der Waals surface area contributed by atoms with Gasteiger partial charge in [-0.1, -0.05) is 17.7 Å². The summed E-state index contributed by atoms with van der Waals surface area (Å²) in [6, 6.07) is 10.1. The van der Waals surface area contributed by atoms with Gasteiger partial charge in [0.05, 0.1) is 24.8 Å². The maximum atomic E-state index is 13.6. The van der Waals surface area contributed by atoms with E-state index in [1.54, 1.807) is 35.5 Å². The van der Waals surface area contributed by atoms with Crippen molar-refractivity contribution in [2.24, 2.45) is 0 Å². The Bertz CT molecular complexity index is 1230. The molecule has 0 aliphatic carbocycles. The van der Waals surface area contributed by atoms with E-state index in [0.717, 1.165) is 24.0 Å². The largest absolute Gasteiger partial charge is 0.503 e. The van der Waals surface area contributed by atoms with Gasteiger partial charge in [0.15, 0.2) is 11.5 Å². The van der Waals surface area contributed by atoms with Crippen molar-refractivity contribution in [3.63, 3.8) is 0 Å². The molecule has 1 aromatic carbocycles. The normalized spacial score (nSPS) is 19.6. The summed E-state index contributed by atoms with van der Waals surface area (Å²) in [6.07, 6.45) is 3.25. The number of aliphatic hydroxyl groups excluding tert-OH is 1. The fraction of sp³-hybridized carbons (Fsp3) is 0.320. The second-order valence-corrected chi connectivity index (χ2v) is 8.38. The number of amides is 1. The van der Waals surface area contributed by atoms with Gasteiger partial charge in [0.2, 0.25) is 5.78 Å². The lowest BCUT2D eigenvalue weighted by molar-refractivity contribution is -0.129. The number of furan rings is 1. The molecule has 3 aromatic rings. The summed E-state index contributed by atoms with van der Waals surface area (Å²) in [4.78, 5) is 34.6. The molecular weight excluding hydrogens is 422 g/mol. The number of Topliss-reactive ketones (excluding diaryl/α,β-unsaturated/α-hetero) is 1. The van der Waals surface area contributed by atoms with E-state index < -0.39 is 23.5 Å². The lowest BCUT2D eigenvalue weighted by Gasteiger charge is -2.31. The third kappa shape index (κ3) is 4.03. The van der Waals surface area contributed by atoms with Crippen LogP contribution in [0.3, 0.4) is 0 Å². The van der Waals surface area contributed by atoms with Gasteiger partial charge in [-0.2, -0.15) is 0 Å². The van der Waals surface area contributed by atoms with Gasteiger partial charge in [-0.25, -0.2) is 0 Å². The van der Waals surface area contributed by atoms with Crippen molar-refractivity contribution in [2.75, 3.05) is 39.4 Å². The number of aromatic nitrogens is 1. The van der Waals surface area contributed by atoms with Gasteiger partial charge in [0, 0.05) is 44.0 Å². The first-order chi connectivity index (χ1) is 16.0. The molecule has 0 bridgehead atoms. The van der Waals surface area contributed by atoms with Crippen LogP contribution in [-0.4, -0.2) is 71.0 Å². The molecule has 1 fully saturated rings. The zero-order valence-corrected chi connectivity index (χ0v) is 18.4. The smallest absolute Gasteiger partial charge is 0.290 e. The van der Waals surface area contributed by atoms with Crippen LogP contribution >= 0.6 is 0 Å². The fourth-order valence-electron chi connectivity index (χ4n) is 4.48. The third-order valence-corrected chi connectivity index (χ3v) is 6.20. The molecule has 1 atom stereocenters. The molecule has 0 radical (unpaired) electrons. The Morgan fingerprint density at radius 1 is 1.18 bits per heavy atom. The van der Waals surface area contributed by atoms with E-state index >= 15 is 0 Å². The Kier molecular flexibility index (Phi) is 5.70. The van der Waals surface area contributed by atoms with Gasteiger partial charge in [-0.15, -0.1) is 0 Å². The number of fused-ring (bicyclic) bond motifs is 1. The number of ether oxygens (including phenoxy) is 1. The molecule has 0 saturated carbocycles. The summed E-state index contributed by atoms with van der Waals surface area (Å²) < 4.78 is 11.2. The van der Waals surface area contributed by atoms with Crippen molar-refractivity contribution in [1.29, 1.82) is 0 Å². The van der Waals surface area contributed by atoms with Crippen LogP contribution in [0.2, 0.25) is 0 Å². The van der Waals surface area contributed by atoms with Crippen molar-refractivity contribution >= 4 is 22.7 Å². The number of ketones is 1. The highest BCUT2D eigenvalue weighted by molar-refractivity contribution is 6.16. The van der Waals surface area contributed by atoms with E-state index in [4.69, 9.17) is 9.15 Å². The highest BCUT2D eigenvalue weighted by Gasteiger charge is 2.44. The van der Waals surface area contributed by atoms with E-state index in [1.807, 2.05) is 25.1 Å². The van der Waals surface area contributed by atoms with E-state index in [2.05, 4.69) is 9.88 Å². The summed E-state index contributed by atoms with van der Waals surface area (Å²) in [5.74, 6) is -1.51. The minimum atomic E-state index is -0.741. The Labute approximate surface area is 191 Å². The maximum Gasteiger partial charge on any atom is 0.290 e. The molecular formula is C25H25N3O5. The number of aryl methyl sites for hydroxylation is 1. The Morgan fingerprint density at radius 3 is 2.76 bits per heavy atom. The molecule has 1 amide bonds. The standard InChI is InChI=1S/C25H25N3O5/c1-16-4-5-19-18(13-16)14-20(33-19)23(29)21-22(17-3-2-6-26-15-17)28(25(31)24(21)30)8-7-27-9-11-32-12-10-27/h2-6,13-15,22,30H,7-12H2,1H3. The number of benzene rings is 1. The predicted octanol–water partition coefficient (Wildman–Crippen LogP) is 3.05. The monoisotopic (exact) mass is 447 g/mol. The van der Waals surface area contributed by atoms with E-state index in [0.29, 0.717) is 37.4 Å². The number of pyridine rings is 1. The number of carbonyl (C=O) groups excluding carboxylic acids is 2. The molecule has 8 nitrogen and oxygen atoms in total. The zero-order valence-electron chi connectivity index (χ0n) is 18.4. The molecule has 5 rings (SSSR count). The highest BCUT2D eigenvalue weighted by Crippen LogP contribution is 2.39. The Balaban J connectivity index is 1.49. The number of hydrogen-bond acceptors (Lipinski definition) is 7. The SMILES string of the molecule is Cc1ccc2oc(C(=O)C3=C(O)C(=O)N(CCN4CCOCC4)C3c3cccnc3)cc2c1. The van der Waals surface area contributed by atoms with Gasteiger partial charge in [0.25, 0.3) is 5.91 Å². The molecule has 4 heterocycles. The molecule has 0 spiro atoms. The van der Waals surface area contributed by atoms with Gasteiger partial charge < -0.3 is 19.2 Å². The first kappa shape index (κ1) is 21.4. The molecule has 1 unspecified atom stereocenters. The van der Waals surface area contributed by atoms with Crippen LogP contribution in [0.5, 0.6) is 0 Å². The lowest BCUT2D eigenvalue weighted by atomic mass is 9.96. The fourth-order valence-corrected chi connectivity index (χ4v) is 4.48. The number of hydrogen-bond donors (Lipinski definition) is 1. The van der Waals surface area contributed by atoms with Crippen molar-refractivity contribution in [2.45, 2.75) is 13.0 Å².